The molecule has 0 radical (unpaired) electrons. The van der Waals surface area contributed by atoms with E-state index in [9.17, 15) is 16.8 Å². The van der Waals surface area contributed by atoms with E-state index in [-0.39, 0.29) is 20.8 Å². The number of sulfonamides is 2. The van der Waals surface area contributed by atoms with Crippen molar-refractivity contribution in [3.63, 3.8) is 0 Å². The smallest absolute Gasteiger partial charge is 0.261 e. The number of benzene rings is 1. The summed E-state index contributed by atoms with van der Waals surface area (Å²) in [5.74, 6) is -0.167. The minimum Gasteiger partial charge on any atom is -0.261 e. The maximum Gasteiger partial charge on any atom is 0.263 e. The first-order chi connectivity index (χ1) is 9.70. The third kappa shape index (κ3) is 3.67. The molecule has 0 saturated carbocycles. The monoisotopic (exact) mass is 348 g/mol. The van der Waals surface area contributed by atoms with Crippen molar-refractivity contribution in [3.8, 4) is 0 Å². The molecule has 0 unspecified atom stereocenters. The van der Waals surface area contributed by atoms with E-state index in [4.69, 9.17) is 16.7 Å². The van der Waals surface area contributed by atoms with Crippen LogP contribution in [-0.2, 0) is 20.0 Å². The van der Waals surface area contributed by atoms with Crippen molar-refractivity contribution < 1.29 is 16.8 Å². The molecule has 0 aliphatic carbocycles. The Hall–Kier alpha value is -1.75. The maximum atomic E-state index is 12.2. The van der Waals surface area contributed by atoms with Gasteiger partial charge in [0.25, 0.3) is 10.0 Å². The van der Waals surface area contributed by atoms with E-state index >= 15 is 0 Å². The Morgan fingerprint density at radius 3 is 2.29 bits per heavy atom. The largest absolute Gasteiger partial charge is 0.263 e. The second-order valence-electron chi connectivity index (χ2n) is 3.82. The summed E-state index contributed by atoms with van der Waals surface area (Å²) in [6.45, 7) is 0. The molecular weight excluding hydrogens is 340 g/mol. The van der Waals surface area contributed by atoms with Crippen molar-refractivity contribution in [1.29, 1.82) is 0 Å². The fourth-order valence-electron chi connectivity index (χ4n) is 1.39. The Morgan fingerprint density at radius 2 is 1.67 bits per heavy atom. The highest BCUT2D eigenvalue weighted by molar-refractivity contribution is 7.93. The number of aromatic nitrogens is 2. The number of halogens is 1. The quantitative estimate of drug-likeness (QED) is 0.830. The fourth-order valence-corrected chi connectivity index (χ4v) is 3.30. The summed E-state index contributed by atoms with van der Waals surface area (Å²) >= 11 is 5.71. The molecule has 0 bridgehead atoms. The van der Waals surface area contributed by atoms with Gasteiger partial charge in [-0.1, -0.05) is 17.7 Å². The van der Waals surface area contributed by atoms with Crippen molar-refractivity contribution in [2.75, 3.05) is 4.72 Å². The van der Waals surface area contributed by atoms with E-state index in [1.165, 1.54) is 30.6 Å². The Balaban J connectivity index is 2.44. The van der Waals surface area contributed by atoms with E-state index < -0.39 is 20.0 Å². The molecule has 2 rings (SSSR count). The molecule has 21 heavy (non-hydrogen) atoms. The molecule has 3 N–H and O–H groups in total. The van der Waals surface area contributed by atoms with Crippen molar-refractivity contribution >= 4 is 37.5 Å². The summed E-state index contributed by atoms with van der Waals surface area (Å²) in [7, 11) is -8.09. The topological polar surface area (TPSA) is 132 Å². The van der Waals surface area contributed by atoms with Crippen LogP contribution in [0.4, 0.5) is 5.82 Å². The first-order valence-corrected chi connectivity index (χ1v) is 8.73. The predicted octanol–water partition coefficient (Wildman–Crippen LogP) is 0.578. The third-order valence-electron chi connectivity index (χ3n) is 2.33. The second-order valence-corrected chi connectivity index (χ2v) is 7.42. The Kier molecular flexibility index (Phi) is 4.14. The molecule has 112 valence electrons. The van der Waals surface area contributed by atoms with Crippen molar-refractivity contribution in [1.82, 2.24) is 9.97 Å². The van der Waals surface area contributed by atoms with E-state index in [1.807, 2.05) is 0 Å². The average Bonchev–Trinajstić information content (AvgIpc) is 2.40. The van der Waals surface area contributed by atoms with Gasteiger partial charge < -0.3 is 0 Å². The molecule has 0 aliphatic rings. The van der Waals surface area contributed by atoms with E-state index in [0.717, 1.165) is 6.07 Å². The molecule has 1 aromatic heterocycles. The van der Waals surface area contributed by atoms with Gasteiger partial charge in [0, 0.05) is 12.4 Å². The van der Waals surface area contributed by atoms with E-state index in [2.05, 4.69) is 14.7 Å². The fraction of sp³-hybridized carbons (Fsp3) is 0. The van der Waals surface area contributed by atoms with Crippen LogP contribution in [0.25, 0.3) is 0 Å². The van der Waals surface area contributed by atoms with Crippen LogP contribution in [0.3, 0.4) is 0 Å². The van der Waals surface area contributed by atoms with Crippen LogP contribution in [-0.4, -0.2) is 26.8 Å². The minimum absolute atomic E-state index is 0.135. The SMILES string of the molecule is NS(=O)(=O)c1cccc(S(=O)(=O)Nc2nccnc2Cl)c1. The predicted molar refractivity (Wildman–Crippen MR) is 75.7 cm³/mol. The molecule has 2 aromatic rings. The summed E-state index contributed by atoms with van der Waals surface area (Å²) < 4.78 is 48.9. The Morgan fingerprint density at radius 1 is 1.05 bits per heavy atom. The van der Waals surface area contributed by atoms with Gasteiger partial charge in [-0.2, -0.15) is 0 Å². The highest BCUT2D eigenvalue weighted by Crippen LogP contribution is 2.21. The number of hydrogen-bond acceptors (Lipinski definition) is 6. The molecule has 1 aromatic carbocycles. The molecule has 0 fully saturated rings. The molecule has 0 aliphatic heterocycles. The van der Waals surface area contributed by atoms with Gasteiger partial charge in [-0.25, -0.2) is 31.9 Å². The summed E-state index contributed by atoms with van der Waals surface area (Å²) in [5, 5.41) is 4.82. The lowest BCUT2D eigenvalue weighted by molar-refractivity contribution is 0.597. The molecule has 1 heterocycles. The number of nitrogens with two attached hydrogens (primary N) is 1. The number of rotatable bonds is 4. The lowest BCUT2D eigenvalue weighted by Crippen LogP contribution is -2.17. The zero-order valence-corrected chi connectivity index (χ0v) is 12.7. The van der Waals surface area contributed by atoms with E-state index in [1.54, 1.807) is 0 Å². The van der Waals surface area contributed by atoms with Crippen LogP contribution in [0, 0.1) is 0 Å². The molecule has 0 atom stereocenters. The Labute approximate surface area is 126 Å². The van der Waals surface area contributed by atoms with E-state index in [0.29, 0.717) is 0 Å². The van der Waals surface area contributed by atoms with Gasteiger partial charge in [-0.05, 0) is 18.2 Å². The van der Waals surface area contributed by atoms with Gasteiger partial charge in [0.05, 0.1) is 9.79 Å². The summed E-state index contributed by atoms with van der Waals surface area (Å²) in [5.41, 5.74) is 0. The lowest BCUT2D eigenvalue weighted by Gasteiger charge is -2.08. The van der Waals surface area contributed by atoms with Gasteiger partial charge in [-0.15, -0.1) is 0 Å². The normalized spacial score (nSPS) is 12.1. The van der Waals surface area contributed by atoms with Crippen LogP contribution < -0.4 is 9.86 Å². The van der Waals surface area contributed by atoms with Crippen LogP contribution >= 0.6 is 11.6 Å². The molecule has 11 heteroatoms. The zero-order valence-electron chi connectivity index (χ0n) is 10.3. The third-order valence-corrected chi connectivity index (χ3v) is 4.85. The van der Waals surface area contributed by atoms with Gasteiger partial charge in [0.2, 0.25) is 10.0 Å². The summed E-state index contributed by atoms with van der Waals surface area (Å²) in [6, 6.07) is 4.58. The van der Waals surface area contributed by atoms with Crippen molar-refractivity contribution in [3.05, 3.63) is 41.8 Å². The molecular formula is C10H9ClN4O4S2. The number of hydrogen-bond donors (Lipinski definition) is 2. The highest BCUT2D eigenvalue weighted by atomic mass is 35.5. The second kappa shape index (κ2) is 5.56. The van der Waals surface area contributed by atoms with Crippen LogP contribution in [0.2, 0.25) is 5.15 Å². The zero-order chi connectivity index (χ0) is 15.7. The summed E-state index contributed by atoms with van der Waals surface area (Å²) in [4.78, 5) is 6.79. The first kappa shape index (κ1) is 15.6. The number of anilines is 1. The lowest BCUT2D eigenvalue weighted by atomic mass is 10.4. The Bertz CT molecular complexity index is 883. The minimum atomic E-state index is -4.08. The van der Waals surface area contributed by atoms with Crippen LogP contribution in [0.15, 0.2) is 46.5 Å². The maximum absolute atomic E-state index is 12.2. The van der Waals surface area contributed by atoms with Gasteiger partial charge in [0.1, 0.15) is 0 Å². The van der Waals surface area contributed by atoms with Crippen molar-refractivity contribution in [2.45, 2.75) is 9.79 Å². The van der Waals surface area contributed by atoms with Gasteiger partial charge in [0.15, 0.2) is 11.0 Å². The molecule has 8 nitrogen and oxygen atoms in total. The standard InChI is InChI=1S/C10H9ClN4O4S2/c11-9-10(14-5-4-13-9)15-21(18,19)8-3-1-2-7(6-8)20(12,16)17/h1-6H,(H,14,15)(H2,12,16,17). The summed E-state index contributed by atoms with van der Waals surface area (Å²) in [6.07, 6.45) is 2.55. The molecule has 0 saturated heterocycles. The van der Waals surface area contributed by atoms with Crippen molar-refractivity contribution in [2.24, 2.45) is 5.14 Å². The average molecular weight is 349 g/mol. The molecule has 0 amide bonds. The van der Waals surface area contributed by atoms with Gasteiger partial charge in [-0.3, -0.25) is 4.72 Å². The van der Waals surface area contributed by atoms with Gasteiger partial charge >= 0.3 is 0 Å². The first-order valence-electron chi connectivity index (χ1n) is 5.32. The number of nitrogens with one attached hydrogen (secondary N) is 1. The number of primary sulfonamides is 1. The highest BCUT2D eigenvalue weighted by Gasteiger charge is 2.19. The van der Waals surface area contributed by atoms with Crippen LogP contribution in [0.1, 0.15) is 0 Å². The number of nitrogens with zero attached hydrogens (tertiary/aromatic N) is 2. The van der Waals surface area contributed by atoms with Crippen LogP contribution in [0.5, 0.6) is 0 Å². The molecule has 0 spiro atoms.